The second kappa shape index (κ2) is 70.1. The number of aliphatic hydroxyl groups excluding tert-OH is 4. The molecule has 0 bridgehead atoms. The summed E-state index contributed by atoms with van der Waals surface area (Å²) in [5, 5.41) is 44.6. The highest BCUT2D eigenvalue weighted by atomic mass is 33.1. The van der Waals surface area contributed by atoms with E-state index in [1.807, 2.05) is 21.6 Å². The van der Waals surface area contributed by atoms with Gasteiger partial charge in [-0.3, -0.25) is 24.4 Å². The van der Waals surface area contributed by atoms with E-state index in [1.165, 1.54) is 205 Å². The Balaban J connectivity index is 2.45. The molecule has 91 heavy (non-hydrogen) atoms. The van der Waals surface area contributed by atoms with Gasteiger partial charge >= 0.3 is 5.97 Å². The molecular weight excluding hydrogens is 1170 g/mol. The summed E-state index contributed by atoms with van der Waals surface area (Å²) in [6.07, 6.45) is 72.0. The van der Waals surface area contributed by atoms with Gasteiger partial charge in [-0.1, -0.05) is 291 Å². The molecule has 0 saturated carbocycles. The highest BCUT2D eigenvalue weighted by molar-refractivity contribution is 8.76. The molecule has 0 aromatic rings. The van der Waals surface area contributed by atoms with Crippen LogP contribution in [0.1, 0.15) is 329 Å². The van der Waals surface area contributed by atoms with Crippen LogP contribution < -0.4 is 0 Å². The second-order valence-electron chi connectivity index (χ2n) is 27.4. The van der Waals surface area contributed by atoms with Crippen LogP contribution in [0.5, 0.6) is 0 Å². The van der Waals surface area contributed by atoms with Gasteiger partial charge in [-0.25, -0.2) is 0 Å². The van der Waals surface area contributed by atoms with Crippen molar-refractivity contribution in [3.05, 3.63) is 48.6 Å². The summed E-state index contributed by atoms with van der Waals surface area (Å²) in [5.41, 5.74) is 0. The van der Waals surface area contributed by atoms with Crippen molar-refractivity contribution in [3.63, 3.8) is 0 Å². The third-order valence-corrected chi connectivity index (χ3v) is 20.9. The molecule has 0 amide bonds. The minimum Gasteiger partial charge on any atom is -0.464 e. The lowest BCUT2D eigenvalue weighted by Crippen LogP contribution is -2.47. The number of hydrogen-bond donors (Lipinski definition) is 4. The minimum atomic E-state index is -0.410. The van der Waals surface area contributed by atoms with Gasteiger partial charge < -0.3 is 25.2 Å². The highest BCUT2D eigenvalue weighted by Crippen LogP contribution is 2.23. The average Bonchev–Trinajstić information content (AvgIpc) is 3.71. The molecule has 536 valence electrons. The number of esters is 1. The van der Waals surface area contributed by atoms with E-state index in [2.05, 4.69) is 95.9 Å². The number of hydrogen-bond acceptors (Lipinski definition) is 12. The van der Waals surface area contributed by atoms with Crippen LogP contribution in [-0.2, 0) is 9.53 Å². The van der Waals surface area contributed by atoms with Gasteiger partial charge in [-0.2, -0.15) is 0 Å². The quantitative estimate of drug-likeness (QED) is 0.0201. The van der Waals surface area contributed by atoms with Crippen molar-refractivity contribution in [1.82, 2.24) is 19.6 Å². The van der Waals surface area contributed by atoms with E-state index in [9.17, 15) is 25.2 Å². The Labute approximate surface area is 573 Å². The Hall–Kier alpha value is -1.19. The molecule has 4 atom stereocenters. The second-order valence-corrected chi connectivity index (χ2v) is 30.1. The van der Waals surface area contributed by atoms with Crippen molar-refractivity contribution in [1.29, 1.82) is 0 Å². The van der Waals surface area contributed by atoms with E-state index in [4.69, 9.17) is 4.74 Å². The Morgan fingerprint density at radius 3 is 1.04 bits per heavy atom. The smallest absolute Gasteiger partial charge is 0.305 e. The molecule has 0 aliphatic carbocycles. The van der Waals surface area contributed by atoms with Gasteiger partial charge in [0.05, 0.1) is 24.4 Å². The third-order valence-electron chi connectivity index (χ3n) is 18.4. The van der Waals surface area contributed by atoms with E-state index in [0.717, 1.165) is 141 Å². The first-order valence-corrected chi connectivity index (χ1v) is 41.8. The summed E-state index contributed by atoms with van der Waals surface area (Å²) in [6, 6.07) is 0. The Kier molecular flexibility index (Phi) is 67.7. The number of carbonyl (C=O) groups is 1. The summed E-state index contributed by atoms with van der Waals surface area (Å²) < 4.78 is 5.76. The molecule has 4 unspecified atom stereocenters. The number of unbranched alkanes of at least 4 members (excludes halogenated alkanes) is 32. The van der Waals surface area contributed by atoms with Crippen LogP contribution in [0.25, 0.3) is 0 Å². The molecule has 1 fully saturated rings. The number of rotatable bonds is 71. The first-order valence-electron chi connectivity index (χ1n) is 39.3. The summed E-state index contributed by atoms with van der Waals surface area (Å²) in [4.78, 5) is 22.5. The summed E-state index contributed by atoms with van der Waals surface area (Å²) in [5.74, 6) is 2.01. The Morgan fingerprint density at radius 2 is 0.670 bits per heavy atom. The van der Waals surface area contributed by atoms with Crippen LogP contribution in [-0.4, -0.2) is 167 Å². The zero-order chi connectivity index (χ0) is 65.8. The molecule has 0 radical (unpaired) electrons. The van der Waals surface area contributed by atoms with Crippen molar-refractivity contribution in [3.8, 4) is 0 Å². The number of piperazine rings is 1. The van der Waals surface area contributed by atoms with E-state index in [-0.39, 0.29) is 18.2 Å². The number of nitrogens with zero attached hydrogens (tertiary/aromatic N) is 4. The predicted molar refractivity (Wildman–Crippen MR) is 402 cm³/mol. The van der Waals surface area contributed by atoms with E-state index in [0.29, 0.717) is 52.2 Å². The fraction of sp³-hybridized carbons (Fsp3) is 0.886. The van der Waals surface area contributed by atoms with Crippen LogP contribution in [0.2, 0.25) is 0 Å². The van der Waals surface area contributed by atoms with Crippen LogP contribution in [0.4, 0.5) is 0 Å². The molecule has 0 aromatic heterocycles. The van der Waals surface area contributed by atoms with Crippen LogP contribution in [0.15, 0.2) is 48.6 Å². The maximum Gasteiger partial charge on any atom is 0.305 e. The largest absolute Gasteiger partial charge is 0.464 e. The molecule has 1 aliphatic rings. The van der Waals surface area contributed by atoms with E-state index < -0.39 is 12.2 Å². The molecule has 0 spiro atoms. The van der Waals surface area contributed by atoms with Crippen molar-refractivity contribution >= 4 is 27.6 Å². The highest BCUT2D eigenvalue weighted by Gasteiger charge is 2.20. The zero-order valence-corrected chi connectivity index (χ0v) is 62.1. The van der Waals surface area contributed by atoms with Crippen molar-refractivity contribution < 1.29 is 30.0 Å². The van der Waals surface area contributed by atoms with Gasteiger partial charge in [-0.05, 0) is 116 Å². The number of carbonyl (C=O) groups excluding carboxylic acids is 1. The Bertz CT molecular complexity index is 1530. The monoisotopic (exact) mass is 1320 g/mol. The molecule has 1 heterocycles. The molecule has 1 rings (SSSR count). The van der Waals surface area contributed by atoms with Gasteiger partial charge in [0.15, 0.2) is 0 Å². The summed E-state index contributed by atoms with van der Waals surface area (Å²) in [7, 11) is 3.94. The summed E-state index contributed by atoms with van der Waals surface area (Å²) >= 11 is 0. The molecule has 0 aromatic carbocycles. The standard InChI is InChI=1S/C79H152N4O6S2/c1-5-9-13-17-21-25-29-31-33-35-39-43-47-51-57-77(86)73-83(74-78(87)58-52-48-44-40-36-34-32-30-26-22-18-14-10-6-2)61-54-69-90-91-70-67-81-64-62-80(63-65-81)66-68-89-79(88)59-53-60-82(71-75(84)55-49-45-41-37-27-23-19-15-11-7-3)72-76(85)56-50-46-42-38-28-24-20-16-12-8-4/h21-22,25-26,31-34,75-78,84-87H,5-20,23-24,27-30,35-74H2,1-4H3/b25-21-,26-22-,33-31-,34-32-. The molecule has 1 aliphatic heterocycles. The number of ether oxygens (including phenoxy) is 1. The molecule has 12 heteroatoms. The third kappa shape index (κ3) is 63.3. The lowest BCUT2D eigenvalue weighted by molar-refractivity contribution is -0.144. The fourth-order valence-corrected chi connectivity index (χ4v) is 14.6. The fourth-order valence-electron chi connectivity index (χ4n) is 12.5. The van der Waals surface area contributed by atoms with Crippen molar-refractivity contribution in [2.75, 3.05) is 96.6 Å². The minimum absolute atomic E-state index is 0.146. The van der Waals surface area contributed by atoms with Crippen molar-refractivity contribution in [2.45, 2.75) is 354 Å². The van der Waals surface area contributed by atoms with Crippen LogP contribution >= 0.6 is 21.6 Å². The average molecular weight is 1320 g/mol. The van der Waals surface area contributed by atoms with Gasteiger partial charge in [0.2, 0.25) is 0 Å². The first-order chi connectivity index (χ1) is 44.7. The SMILES string of the molecule is CCCCC/C=C\C/C=C\CCCCCCC(O)CN(CCCSSCCN1CCN(CCOC(=O)CCCN(CC(O)CCCCCCCCCCCC)CC(O)CCCCCCCCCCCC)CC1)CC(O)CCCCCC/C=C\C/C=C\CCCCC. The van der Waals surface area contributed by atoms with E-state index >= 15 is 0 Å². The number of allylic oxidation sites excluding steroid dienone is 8. The topological polar surface area (TPSA) is 120 Å². The normalized spacial score (nSPS) is 15.1. The van der Waals surface area contributed by atoms with E-state index in [1.54, 1.807) is 0 Å². The molecular formula is C79H152N4O6S2. The predicted octanol–water partition coefficient (Wildman–Crippen LogP) is 20.2. The summed E-state index contributed by atoms with van der Waals surface area (Å²) in [6.45, 7) is 19.4. The molecule has 1 saturated heterocycles. The first kappa shape index (κ1) is 87.8. The maximum absolute atomic E-state index is 13.0. The zero-order valence-electron chi connectivity index (χ0n) is 60.5. The van der Waals surface area contributed by atoms with Gasteiger partial charge in [0.1, 0.15) is 6.61 Å². The van der Waals surface area contributed by atoms with Crippen molar-refractivity contribution in [2.24, 2.45) is 0 Å². The lowest BCUT2D eigenvalue weighted by atomic mass is 10.0. The maximum atomic E-state index is 13.0. The van der Waals surface area contributed by atoms with Gasteiger partial charge in [0, 0.05) is 83.4 Å². The number of aliphatic hydroxyl groups is 4. The molecule has 4 N–H and O–H groups in total. The lowest BCUT2D eigenvalue weighted by Gasteiger charge is -2.34. The molecule has 10 nitrogen and oxygen atoms in total. The van der Waals surface area contributed by atoms with Crippen LogP contribution in [0, 0.1) is 0 Å². The van der Waals surface area contributed by atoms with Gasteiger partial charge in [-0.15, -0.1) is 0 Å². The van der Waals surface area contributed by atoms with Crippen LogP contribution in [0.3, 0.4) is 0 Å². The van der Waals surface area contributed by atoms with Gasteiger partial charge in [0.25, 0.3) is 0 Å². The Morgan fingerprint density at radius 1 is 0.374 bits per heavy atom.